The molecule has 5 heteroatoms. The highest BCUT2D eigenvalue weighted by Gasteiger charge is 2.20. The van der Waals surface area contributed by atoms with Crippen LogP contribution in [0, 0.1) is 0 Å². The Bertz CT molecular complexity index is 532. The van der Waals surface area contributed by atoms with E-state index in [9.17, 15) is 4.79 Å². The van der Waals surface area contributed by atoms with Gasteiger partial charge < -0.3 is 4.90 Å². The van der Waals surface area contributed by atoms with Gasteiger partial charge in [-0.1, -0.05) is 0 Å². The van der Waals surface area contributed by atoms with E-state index in [1.165, 1.54) is 10.4 Å². The Morgan fingerprint density at radius 3 is 3.28 bits per heavy atom. The largest absolute Gasteiger partial charge is 0.338 e. The van der Waals surface area contributed by atoms with E-state index in [-0.39, 0.29) is 5.91 Å². The van der Waals surface area contributed by atoms with Crippen molar-refractivity contribution in [2.24, 2.45) is 0 Å². The minimum Gasteiger partial charge on any atom is -0.338 e. The molecule has 0 N–H and O–H groups in total. The molecule has 1 aliphatic rings. The number of rotatable bonds is 3. The Hall–Kier alpha value is -1.62. The summed E-state index contributed by atoms with van der Waals surface area (Å²) in [4.78, 5) is 15.5. The number of amides is 1. The topological polar surface area (TPSA) is 38.1 Å². The van der Waals surface area contributed by atoms with Crippen molar-refractivity contribution in [2.75, 3.05) is 6.54 Å². The first-order chi connectivity index (χ1) is 8.83. The molecule has 2 aromatic rings. The summed E-state index contributed by atoms with van der Waals surface area (Å²) >= 11 is 1.80. The van der Waals surface area contributed by atoms with Gasteiger partial charge in [-0.15, -0.1) is 11.3 Å². The van der Waals surface area contributed by atoms with E-state index in [0.717, 1.165) is 19.5 Å². The molecule has 0 saturated heterocycles. The van der Waals surface area contributed by atoms with Gasteiger partial charge in [-0.2, -0.15) is 5.10 Å². The Morgan fingerprint density at radius 2 is 2.44 bits per heavy atom. The summed E-state index contributed by atoms with van der Waals surface area (Å²) in [6.07, 6.45) is 5.16. The number of carbonyl (C=O) groups excluding carboxylic acids is 1. The van der Waals surface area contributed by atoms with Crippen LogP contribution in [0.4, 0.5) is 0 Å². The smallest absolute Gasteiger partial charge is 0.224 e. The second-order valence-corrected chi connectivity index (χ2v) is 5.45. The molecule has 2 aromatic heterocycles. The first-order valence-corrected chi connectivity index (χ1v) is 7.01. The van der Waals surface area contributed by atoms with E-state index in [1.807, 2.05) is 17.2 Å². The van der Waals surface area contributed by atoms with Crippen LogP contribution in [0.5, 0.6) is 0 Å². The van der Waals surface area contributed by atoms with Crippen molar-refractivity contribution in [3.8, 4) is 0 Å². The quantitative estimate of drug-likeness (QED) is 0.846. The Balaban J connectivity index is 1.57. The lowest BCUT2D eigenvalue weighted by molar-refractivity contribution is -0.132. The molecule has 0 bridgehead atoms. The number of carbonyl (C=O) groups is 1. The molecule has 1 aliphatic heterocycles. The third-order valence-corrected chi connectivity index (χ3v) is 4.30. The molecule has 0 atom stereocenters. The molecular formula is C13H15N3OS. The average molecular weight is 261 g/mol. The van der Waals surface area contributed by atoms with Crippen LogP contribution in [0.2, 0.25) is 0 Å². The zero-order valence-corrected chi connectivity index (χ0v) is 10.9. The van der Waals surface area contributed by atoms with Gasteiger partial charge in [0, 0.05) is 43.3 Å². The zero-order valence-electron chi connectivity index (χ0n) is 10.1. The number of hydrogen-bond donors (Lipinski definition) is 0. The molecule has 0 unspecified atom stereocenters. The number of aromatic nitrogens is 2. The molecule has 4 nitrogen and oxygen atoms in total. The van der Waals surface area contributed by atoms with Gasteiger partial charge in [-0.3, -0.25) is 9.48 Å². The lowest BCUT2D eigenvalue weighted by Crippen LogP contribution is -2.35. The van der Waals surface area contributed by atoms with E-state index < -0.39 is 0 Å². The number of nitrogens with zero attached hydrogens (tertiary/aromatic N) is 3. The summed E-state index contributed by atoms with van der Waals surface area (Å²) in [7, 11) is 0. The van der Waals surface area contributed by atoms with Gasteiger partial charge in [0.2, 0.25) is 5.91 Å². The number of fused-ring (bicyclic) bond motifs is 1. The van der Waals surface area contributed by atoms with E-state index in [1.54, 1.807) is 22.2 Å². The summed E-state index contributed by atoms with van der Waals surface area (Å²) in [5.41, 5.74) is 1.32. The third-order valence-electron chi connectivity index (χ3n) is 3.27. The van der Waals surface area contributed by atoms with E-state index >= 15 is 0 Å². The van der Waals surface area contributed by atoms with E-state index in [2.05, 4.69) is 16.5 Å². The first kappa shape index (κ1) is 11.5. The fourth-order valence-corrected chi connectivity index (χ4v) is 3.15. The maximum atomic E-state index is 12.1. The van der Waals surface area contributed by atoms with Gasteiger partial charge in [0.25, 0.3) is 0 Å². The van der Waals surface area contributed by atoms with Gasteiger partial charge in [-0.05, 0) is 29.5 Å². The summed E-state index contributed by atoms with van der Waals surface area (Å²) in [5, 5.41) is 6.22. The molecule has 3 heterocycles. The molecule has 0 aliphatic carbocycles. The lowest BCUT2D eigenvalue weighted by Gasteiger charge is -2.27. The number of thiophene rings is 1. The van der Waals surface area contributed by atoms with Crippen molar-refractivity contribution >= 4 is 17.2 Å². The standard InChI is InChI=1S/C13H15N3OS/c17-13(3-8-16-6-1-5-14-16)15-7-2-12-11(10-15)4-9-18-12/h1,4-6,9H,2-3,7-8,10H2. The van der Waals surface area contributed by atoms with Gasteiger partial charge in [0.05, 0.1) is 0 Å². The molecule has 0 spiro atoms. The maximum absolute atomic E-state index is 12.1. The fraction of sp³-hybridized carbons (Fsp3) is 0.385. The summed E-state index contributed by atoms with van der Waals surface area (Å²) < 4.78 is 1.80. The number of aryl methyl sites for hydroxylation is 1. The van der Waals surface area contributed by atoms with Crippen LogP contribution in [-0.2, 0) is 24.3 Å². The fourth-order valence-electron chi connectivity index (χ4n) is 2.26. The first-order valence-electron chi connectivity index (χ1n) is 6.13. The van der Waals surface area contributed by atoms with Gasteiger partial charge in [0.15, 0.2) is 0 Å². The van der Waals surface area contributed by atoms with E-state index in [0.29, 0.717) is 13.0 Å². The third kappa shape index (κ3) is 2.31. The van der Waals surface area contributed by atoms with Gasteiger partial charge in [0.1, 0.15) is 0 Å². The van der Waals surface area contributed by atoms with E-state index in [4.69, 9.17) is 0 Å². The molecule has 0 saturated carbocycles. The highest BCUT2D eigenvalue weighted by Crippen LogP contribution is 2.24. The van der Waals surface area contributed by atoms with Crippen molar-refractivity contribution in [3.63, 3.8) is 0 Å². The molecule has 0 fully saturated rings. The summed E-state index contributed by atoms with van der Waals surface area (Å²) in [6.45, 7) is 2.29. The molecular weight excluding hydrogens is 246 g/mol. The molecule has 1 amide bonds. The minimum atomic E-state index is 0.224. The Labute approximate surface area is 110 Å². The molecule has 0 aromatic carbocycles. The predicted octanol–water partition coefficient (Wildman–Crippen LogP) is 1.92. The molecule has 94 valence electrons. The van der Waals surface area contributed by atoms with Crippen LogP contribution in [0.15, 0.2) is 29.9 Å². The summed E-state index contributed by atoms with van der Waals surface area (Å²) in [5.74, 6) is 0.224. The van der Waals surface area contributed by atoms with Crippen molar-refractivity contribution in [1.82, 2.24) is 14.7 Å². The lowest BCUT2D eigenvalue weighted by atomic mass is 10.1. The van der Waals surface area contributed by atoms with Crippen LogP contribution in [0.25, 0.3) is 0 Å². The van der Waals surface area contributed by atoms with Crippen molar-refractivity contribution in [1.29, 1.82) is 0 Å². The van der Waals surface area contributed by atoms with Crippen LogP contribution in [-0.4, -0.2) is 27.1 Å². The van der Waals surface area contributed by atoms with Crippen LogP contribution >= 0.6 is 11.3 Å². The maximum Gasteiger partial charge on any atom is 0.224 e. The van der Waals surface area contributed by atoms with Gasteiger partial charge >= 0.3 is 0 Å². The second kappa shape index (κ2) is 4.94. The predicted molar refractivity (Wildman–Crippen MR) is 70.3 cm³/mol. The van der Waals surface area contributed by atoms with Gasteiger partial charge in [-0.25, -0.2) is 0 Å². The molecule has 3 rings (SSSR count). The van der Waals surface area contributed by atoms with Crippen LogP contribution in [0.3, 0.4) is 0 Å². The normalized spacial score (nSPS) is 14.6. The highest BCUT2D eigenvalue weighted by atomic mass is 32.1. The van der Waals surface area contributed by atoms with Crippen molar-refractivity contribution < 1.29 is 4.79 Å². The van der Waals surface area contributed by atoms with Crippen molar-refractivity contribution in [3.05, 3.63) is 40.3 Å². The van der Waals surface area contributed by atoms with Crippen LogP contribution < -0.4 is 0 Å². The minimum absolute atomic E-state index is 0.224. The highest BCUT2D eigenvalue weighted by molar-refractivity contribution is 7.10. The Kier molecular flexibility index (Phi) is 3.15. The molecule has 0 radical (unpaired) electrons. The zero-order chi connectivity index (χ0) is 12.4. The average Bonchev–Trinajstić information content (AvgIpc) is 3.05. The summed E-state index contributed by atoms with van der Waals surface area (Å²) in [6, 6.07) is 4.01. The SMILES string of the molecule is O=C(CCn1cccn1)N1CCc2sccc2C1. The van der Waals surface area contributed by atoms with Crippen molar-refractivity contribution in [2.45, 2.75) is 25.9 Å². The Morgan fingerprint density at radius 1 is 1.50 bits per heavy atom. The monoisotopic (exact) mass is 261 g/mol. The second-order valence-electron chi connectivity index (χ2n) is 4.45. The van der Waals surface area contributed by atoms with Crippen LogP contribution in [0.1, 0.15) is 16.9 Å². The molecule has 18 heavy (non-hydrogen) atoms. The number of hydrogen-bond acceptors (Lipinski definition) is 3.